The van der Waals surface area contributed by atoms with Crippen LogP contribution in [0.1, 0.15) is 91.9 Å². The summed E-state index contributed by atoms with van der Waals surface area (Å²) in [7, 11) is -2.31. The summed E-state index contributed by atoms with van der Waals surface area (Å²) < 4.78 is 6.69. The number of aliphatic hydroxyl groups is 1. The maximum absolute atomic E-state index is 12.7. The van der Waals surface area contributed by atoms with Crippen LogP contribution in [0.5, 0.6) is 0 Å². The second kappa shape index (κ2) is 11.3. The summed E-state index contributed by atoms with van der Waals surface area (Å²) in [5.74, 6) is -0.673. The van der Waals surface area contributed by atoms with Crippen molar-refractivity contribution >= 4 is 14.3 Å². The summed E-state index contributed by atoms with van der Waals surface area (Å²) in [6, 6.07) is 0. The van der Waals surface area contributed by atoms with Gasteiger partial charge in [0, 0.05) is 11.8 Å². The van der Waals surface area contributed by atoms with Crippen molar-refractivity contribution in [2.75, 3.05) is 0 Å². The fourth-order valence-corrected chi connectivity index (χ4v) is 6.40. The van der Waals surface area contributed by atoms with Crippen molar-refractivity contribution in [1.82, 2.24) is 0 Å². The molecule has 2 aliphatic carbocycles. The third-order valence-corrected chi connectivity index (χ3v) is 12.4. The Kier molecular flexibility index (Phi) is 9.60. The topological polar surface area (TPSA) is 66.8 Å². The second-order valence-electron chi connectivity index (χ2n) is 11.3. The van der Waals surface area contributed by atoms with Crippen LogP contribution in [0.3, 0.4) is 0 Å². The summed E-state index contributed by atoms with van der Waals surface area (Å²) in [6.07, 6.45) is 15.2. The minimum atomic E-state index is -2.31. The molecule has 0 bridgehead atoms. The van der Waals surface area contributed by atoms with Crippen molar-refractivity contribution < 1.29 is 19.4 Å². The number of hydrogen-bond donors (Lipinski definition) is 2. The Morgan fingerprint density at radius 1 is 1.25 bits per heavy atom. The van der Waals surface area contributed by atoms with Crippen molar-refractivity contribution in [2.24, 2.45) is 11.8 Å². The van der Waals surface area contributed by atoms with Gasteiger partial charge in [-0.15, -0.1) is 5.73 Å². The number of aliphatic hydroxyl groups excluding tert-OH is 1. The molecule has 0 spiro atoms. The first-order valence-electron chi connectivity index (χ1n) is 12.7. The van der Waals surface area contributed by atoms with Crippen LogP contribution in [-0.4, -0.2) is 36.2 Å². The van der Waals surface area contributed by atoms with E-state index in [2.05, 4.69) is 52.6 Å². The lowest BCUT2D eigenvalue weighted by molar-refractivity contribution is -0.157. The fourth-order valence-electron chi connectivity index (χ4n) is 4.94. The Hall–Kier alpha value is -1.13. The van der Waals surface area contributed by atoms with Crippen molar-refractivity contribution in [3.63, 3.8) is 0 Å². The summed E-state index contributed by atoms with van der Waals surface area (Å²) in [4.78, 5) is 12.7. The molecule has 2 unspecified atom stereocenters. The van der Waals surface area contributed by atoms with Crippen LogP contribution in [-0.2, 0) is 9.22 Å². The summed E-state index contributed by atoms with van der Waals surface area (Å²) in [5, 5.41) is 20.7. The number of carboxylic acids is 1. The summed E-state index contributed by atoms with van der Waals surface area (Å²) in [6.45, 7) is 12.9. The molecule has 0 aliphatic heterocycles. The van der Waals surface area contributed by atoms with Gasteiger partial charge in [-0.25, -0.2) is 4.79 Å². The van der Waals surface area contributed by atoms with Gasteiger partial charge in [0.25, 0.3) is 0 Å². The second-order valence-corrected chi connectivity index (χ2v) is 16.1. The molecule has 2 rings (SSSR count). The predicted molar refractivity (Wildman–Crippen MR) is 134 cm³/mol. The van der Waals surface area contributed by atoms with E-state index in [0.717, 1.165) is 57.8 Å². The molecule has 0 aromatic heterocycles. The van der Waals surface area contributed by atoms with E-state index < -0.39 is 19.9 Å². The van der Waals surface area contributed by atoms with E-state index in [9.17, 15) is 15.0 Å². The largest absolute Gasteiger partial charge is 0.479 e. The van der Waals surface area contributed by atoms with Gasteiger partial charge >= 0.3 is 5.97 Å². The summed E-state index contributed by atoms with van der Waals surface area (Å²) >= 11 is 0. The highest BCUT2D eigenvalue weighted by atomic mass is 28.4. The Morgan fingerprint density at radius 3 is 2.47 bits per heavy atom. The van der Waals surface area contributed by atoms with Crippen LogP contribution in [0.2, 0.25) is 18.1 Å². The number of hydrogen-bond acceptors (Lipinski definition) is 3. The van der Waals surface area contributed by atoms with E-state index in [1.54, 1.807) is 6.08 Å². The van der Waals surface area contributed by atoms with Crippen molar-refractivity contribution in [1.29, 1.82) is 0 Å². The highest BCUT2D eigenvalue weighted by molar-refractivity contribution is 6.74. The molecule has 0 radical (unpaired) electrons. The number of carboxylic acid groups (broad SMARTS) is 1. The molecule has 2 aliphatic rings. The van der Waals surface area contributed by atoms with Gasteiger partial charge in [0.05, 0.1) is 6.10 Å². The molecule has 0 aromatic carbocycles. The standard InChI is InChI=1S/C27H46O4Si/c1-7-14-21-18-19-24(28)23(21)17-12-9-13-20-27(25(29)30,22-15-10-8-11-16-22)31-32(5,6)26(2,3)4/h9,18,20,22-24,28H,7-8,10-12,14-17,19H2,1-6H3,(H,29,30)/t13?,23-,24?,27?/m1/s1. The van der Waals surface area contributed by atoms with Gasteiger partial charge in [-0.3, -0.25) is 0 Å². The SMILES string of the molecule is CCCC1=CCC(O)[C@@H]1CCC=C=CC(O[Si](C)(C)C(C)(C)C)(C(=O)O)C1CCCCC1. The van der Waals surface area contributed by atoms with Crippen LogP contribution >= 0.6 is 0 Å². The zero-order valence-corrected chi connectivity index (χ0v) is 22.2. The van der Waals surface area contributed by atoms with Crippen LogP contribution in [0.15, 0.2) is 29.5 Å². The van der Waals surface area contributed by atoms with Crippen LogP contribution in [0, 0.1) is 11.8 Å². The van der Waals surface area contributed by atoms with Gasteiger partial charge in [-0.2, -0.15) is 0 Å². The molecule has 0 aromatic rings. The van der Waals surface area contributed by atoms with Gasteiger partial charge in [0.15, 0.2) is 13.9 Å². The maximum atomic E-state index is 12.7. The van der Waals surface area contributed by atoms with Crippen LogP contribution in [0.4, 0.5) is 0 Å². The highest BCUT2D eigenvalue weighted by Crippen LogP contribution is 2.44. The lowest BCUT2D eigenvalue weighted by atomic mass is 9.77. The molecule has 5 heteroatoms. The monoisotopic (exact) mass is 462 g/mol. The predicted octanol–water partition coefficient (Wildman–Crippen LogP) is 7.01. The molecule has 2 N–H and O–H groups in total. The van der Waals surface area contributed by atoms with E-state index in [4.69, 9.17) is 4.43 Å². The molecule has 0 amide bonds. The summed E-state index contributed by atoms with van der Waals surface area (Å²) in [5.41, 5.74) is 3.30. The molecule has 4 nitrogen and oxygen atoms in total. The highest BCUT2D eigenvalue weighted by Gasteiger charge is 2.52. The van der Waals surface area contributed by atoms with Crippen molar-refractivity contribution in [3.8, 4) is 0 Å². The van der Waals surface area contributed by atoms with Gasteiger partial charge in [0.1, 0.15) is 0 Å². The van der Waals surface area contributed by atoms with Gasteiger partial charge in [-0.1, -0.05) is 65.0 Å². The Bertz CT molecular complexity index is 720. The Morgan fingerprint density at radius 2 is 1.91 bits per heavy atom. The number of rotatable bonds is 10. The Labute approximate surface area is 197 Å². The average Bonchev–Trinajstić information content (AvgIpc) is 3.06. The minimum Gasteiger partial charge on any atom is -0.479 e. The molecular weight excluding hydrogens is 416 g/mol. The molecule has 32 heavy (non-hydrogen) atoms. The van der Waals surface area contributed by atoms with E-state index in [1.165, 1.54) is 12.0 Å². The Balaban J connectivity index is 2.24. The number of carbonyl (C=O) groups is 1. The van der Waals surface area contributed by atoms with Crippen LogP contribution in [0.25, 0.3) is 0 Å². The molecule has 0 saturated heterocycles. The van der Waals surface area contributed by atoms with Crippen molar-refractivity contribution in [2.45, 2.75) is 122 Å². The van der Waals surface area contributed by atoms with E-state index >= 15 is 0 Å². The van der Waals surface area contributed by atoms with Gasteiger partial charge in [0.2, 0.25) is 0 Å². The lowest BCUT2D eigenvalue weighted by Crippen LogP contribution is -2.56. The third kappa shape index (κ3) is 6.47. The first kappa shape index (κ1) is 27.1. The molecular formula is C27H46O4Si. The van der Waals surface area contributed by atoms with Gasteiger partial charge in [-0.05, 0) is 68.8 Å². The lowest BCUT2D eigenvalue weighted by Gasteiger charge is -2.46. The zero-order chi connectivity index (χ0) is 24.0. The van der Waals surface area contributed by atoms with E-state index in [0.29, 0.717) is 0 Å². The first-order chi connectivity index (χ1) is 14.9. The van der Waals surface area contributed by atoms with E-state index in [1.807, 2.05) is 6.08 Å². The van der Waals surface area contributed by atoms with Crippen LogP contribution < -0.4 is 0 Å². The quantitative estimate of drug-likeness (QED) is 0.208. The molecule has 3 atom stereocenters. The molecule has 1 fully saturated rings. The molecule has 1 saturated carbocycles. The van der Waals surface area contributed by atoms with Crippen molar-refractivity contribution in [3.05, 3.63) is 29.5 Å². The fraction of sp³-hybridized carbons (Fsp3) is 0.778. The maximum Gasteiger partial charge on any atom is 0.339 e. The molecule has 182 valence electrons. The normalized spacial score (nSPS) is 24.4. The van der Waals surface area contributed by atoms with E-state index in [-0.39, 0.29) is 23.0 Å². The third-order valence-electron chi connectivity index (χ3n) is 7.91. The number of aliphatic carboxylic acids is 1. The first-order valence-corrected chi connectivity index (χ1v) is 15.6. The van der Waals surface area contributed by atoms with Gasteiger partial charge < -0.3 is 14.6 Å². The smallest absolute Gasteiger partial charge is 0.339 e. The average molecular weight is 463 g/mol. The molecule has 0 heterocycles. The minimum absolute atomic E-state index is 0.0143. The zero-order valence-electron chi connectivity index (χ0n) is 21.2.